The van der Waals surface area contributed by atoms with Crippen LogP contribution in [0.2, 0.25) is 0 Å². The van der Waals surface area contributed by atoms with Crippen LogP contribution in [0, 0.1) is 16.2 Å². The molecule has 0 aromatic carbocycles. The zero-order valence-corrected chi connectivity index (χ0v) is 16.5. The number of carbonyl (C=O) groups excluding carboxylic acids is 3. The van der Waals surface area contributed by atoms with Crippen LogP contribution in [-0.4, -0.2) is 36.7 Å². The molecule has 4 N–H and O–H groups in total. The SMILES string of the molecule is CC(C)(C)C(=O)CC(NC(=O)C(C)(C)C(C)(C)C)C(=O)NCCN. The number of amides is 2. The van der Waals surface area contributed by atoms with Crippen molar-refractivity contribution in [1.29, 1.82) is 0 Å². The molecule has 0 rings (SSSR count). The molecule has 0 aliphatic carbocycles. The fourth-order valence-corrected chi connectivity index (χ4v) is 1.70. The third-order valence-corrected chi connectivity index (χ3v) is 4.73. The van der Waals surface area contributed by atoms with Gasteiger partial charge in [-0.25, -0.2) is 0 Å². The summed E-state index contributed by atoms with van der Waals surface area (Å²) >= 11 is 0. The summed E-state index contributed by atoms with van der Waals surface area (Å²) in [5, 5.41) is 5.42. The minimum atomic E-state index is -0.891. The van der Waals surface area contributed by atoms with E-state index in [1.807, 2.05) is 34.6 Å². The van der Waals surface area contributed by atoms with Gasteiger partial charge in [-0.05, 0) is 5.41 Å². The van der Waals surface area contributed by atoms with Gasteiger partial charge < -0.3 is 16.4 Å². The molecule has 0 aliphatic heterocycles. The van der Waals surface area contributed by atoms with E-state index in [2.05, 4.69) is 10.6 Å². The number of ketones is 1. The third-order valence-electron chi connectivity index (χ3n) is 4.73. The van der Waals surface area contributed by atoms with E-state index in [4.69, 9.17) is 5.73 Å². The van der Waals surface area contributed by atoms with Crippen molar-refractivity contribution in [2.24, 2.45) is 22.0 Å². The van der Waals surface area contributed by atoms with Gasteiger partial charge in [-0.15, -0.1) is 0 Å². The average Bonchev–Trinajstić information content (AvgIpc) is 2.41. The highest BCUT2D eigenvalue weighted by Crippen LogP contribution is 2.38. The van der Waals surface area contributed by atoms with Crippen molar-refractivity contribution in [1.82, 2.24) is 10.6 Å². The molecule has 24 heavy (non-hydrogen) atoms. The van der Waals surface area contributed by atoms with Crippen molar-refractivity contribution in [3.05, 3.63) is 0 Å². The highest BCUT2D eigenvalue weighted by atomic mass is 16.2. The Morgan fingerprint density at radius 1 is 0.958 bits per heavy atom. The maximum Gasteiger partial charge on any atom is 0.243 e. The number of hydrogen-bond acceptors (Lipinski definition) is 4. The van der Waals surface area contributed by atoms with Crippen molar-refractivity contribution < 1.29 is 14.4 Å². The molecule has 6 heteroatoms. The summed E-state index contributed by atoms with van der Waals surface area (Å²) in [4.78, 5) is 37.4. The Balaban J connectivity index is 5.31. The molecule has 0 saturated carbocycles. The monoisotopic (exact) mass is 341 g/mol. The van der Waals surface area contributed by atoms with Gasteiger partial charge in [0.25, 0.3) is 0 Å². The number of carbonyl (C=O) groups is 3. The Morgan fingerprint density at radius 3 is 1.83 bits per heavy atom. The minimum absolute atomic E-state index is 0.0358. The van der Waals surface area contributed by atoms with Crippen molar-refractivity contribution >= 4 is 17.6 Å². The van der Waals surface area contributed by atoms with E-state index >= 15 is 0 Å². The Morgan fingerprint density at radius 2 is 1.46 bits per heavy atom. The largest absolute Gasteiger partial charge is 0.353 e. The van der Waals surface area contributed by atoms with Gasteiger partial charge in [-0.3, -0.25) is 14.4 Å². The molecular weight excluding hydrogens is 306 g/mol. The standard InChI is InChI=1S/C18H35N3O3/c1-16(2,3)13(22)11-12(14(23)20-10-9-19)21-15(24)18(7,8)17(4,5)6/h12H,9-11,19H2,1-8H3,(H,20,23)(H,21,24). The molecule has 2 amide bonds. The number of nitrogens with two attached hydrogens (primary N) is 1. The van der Waals surface area contributed by atoms with Gasteiger partial charge >= 0.3 is 0 Å². The Bertz CT molecular complexity index is 471. The molecule has 0 heterocycles. The van der Waals surface area contributed by atoms with Crippen molar-refractivity contribution in [3.63, 3.8) is 0 Å². The molecule has 0 saturated heterocycles. The molecule has 0 fully saturated rings. The summed E-state index contributed by atoms with van der Waals surface area (Å²) in [5.74, 6) is -0.704. The fraction of sp³-hybridized carbons (Fsp3) is 0.833. The third kappa shape index (κ3) is 6.23. The normalized spacial score (nSPS) is 14.0. The van der Waals surface area contributed by atoms with Crippen LogP contribution in [-0.2, 0) is 14.4 Å². The molecule has 1 unspecified atom stereocenters. The second-order valence-electron chi connectivity index (χ2n) is 8.86. The van der Waals surface area contributed by atoms with Crippen LogP contribution < -0.4 is 16.4 Å². The summed E-state index contributed by atoms with van der Waals surface area (Å²) in [6, 6.07) is -0.891. The van der Waals surface area contributed by atoms with E-state index in [1.165, 1.54) is 0 Å². The lowest BCUT2D eigenvalue weighted by Crippen LogP contribution is -2.54. The minimum Gasteiger partial charge on any atom is -0.353 e. The van der Waals surface area contributed by atoms with E-state index < -0.39 is 16.9 Å². The van der Waals surface area contributed by atoms with Crippen LogP contribution in [0.25, 0.3) is 0 Å². The van der Waals surface area contributed by atoms with Crippen molar-refractivity contribution in [2.75, 3.05) is 13.1 Å². The lowest BCUT2D eigenvalue weighted by atomic mass is 9.68. The van der Waals surface area contributed by atoms with E-state index in [0.29, 0.717) is 13.1 Å². The van der Waals surface area contributed by atoms with Crippen LogP contribution >= 0.6 is 0 Å². The van der Waals surface area contributed by atoms with Crippen LogP contribution in [0.5, 0.6) is 0 Å². The molecule has 0 radical (unpaired) electrons. The average molecular weight is 341 g/mol. The summed E-state index contributed by atoms with van der Waals surface area (Å²) < 4.78 is 0. The van der Waals surface area contributed by atoms with E-state index in [1.54, 1.807) is 20.8 Å². The quantitative estimate of drug-likeness (QED) is 0.655. The smallest absolute Gasteiger partial charge is 0.243 e. The predicted octanol–water partition coefficient (Wildman–Crippen LogP) is 1.62. The van der Waals surface area contributed by atoms with Gasteiger partial charge in [0.05, 0.1) is 0 Å². The second-order valence-corrected chi connectivity index (χ2v) is 8.86. The summed E-state index contributed by atoms with van der Waals surface area (Å²) in [6.07, 6.45) is -0.0358. The van der Waals surface area contributed by atoms with Crippen LogP contribution in [0.15, 0.2) is 0 Å². The first-order valence-electron chi connectivity index (χ1n) is 8.46. The molecule has 140 valence electrons. The molecule has 0 bridgehead atoms. The summed E-state index contributed by atoms with van der Waals surface area (Å²) in [5.41, 5.74) is 3.85. The molecular formula is C18H35N3O3. The second kappa shape index (κ2) is 8.10. The maximum absolute atomic E-state index is 12.7. The van der Waals surface area contributed by atoms with E-state index in [9.17, 15) is 14.4 Å². The molecule has 6 nitrogen and oxygen atoms in total. The molecule has 0 spiro atoms. The summed E-state index contributed by atoms with van der Waals surface area (Å²) in [6.45, 7) is 15.6. The van der Waals surface area contributed by atoms with Gasteiger partial charge in [0.2, 0.25) is 11.8 Å². The van der Waals surface area contributed by atoms with Gasteiger partial charge in [-0.2, -0.15) is 0 Å². The van der Waals surface area contributed by atoms with Gasteiger partial charge in [0, 0.05) is 30.3 Å². The topological polar surface area (TPSA) is 101 Å². The number of hydrogen-bond donors (Lipinski definition) is 3. The first-order chi connectivity index (χ1) is 10.6. The van der Waals surface area contributed by atoms with Crippen molar-refractivity contribution in [3.8, 4) is 0 Å². The lowest BCUT2D eigenvalue weighted by molar-refractivity contribution is -0.139. The number of Topliss-reactive ketones (excluding diaryl/α,β-unsaturated/α-hetero) is 1. The van der Waals surface area contributed by atoms with Crippen LogP contribution in [0.1, 0.15) is 61.8 Å². The predicted molar refractivity (Wildman–Crippen MR) is 96.3 cm³/mol. The molecule has 0 aromatic rings. The Hall–Kier alpha value is -1.43. The molecule has 1 atom stereocenters. The Labute approximate surface area is 146 Å². The van der Waals surface area contributed by atoms with Crippen LogP contribution in [0.3, 0.4) is 0 Å². The summed E-state index contributed by atoms with van der Waals surface area (Å²) in [7, 11) is 0. The first-order valence-corrected chi connectivity index (χ1v) is 8.46. The molecule has 0 aliphatic rings. The van der Waals surface area contributed by atoms with Gasteiger partial charge in [0.15, 0.2) is 0 Å². The van der Waals surface area contributed by atoms with Crippen LogP contribution in [0.4, 0.5) is 0 Å². The first kappa shape index (κ1) is 22.6. The van der Waals surface area contributed by atoms with Crippen molar-refractivity contribution in [2.45, 2.75) is 67.9 Å². The maximum atomic E-state index is 12.7. The highest BCUT2D eigenvalue weighted by Gasteiger charge is 2.41. The zero-order valence-electron chi connectivity index (χ0n) is 16.5. The van der Waals surface area contributed by atoms with Gasteiger partial charge in [-0.1, -0.05) is 55.4 Å². The van der Waals surface area contributed by atoms with E-state index in [0.717, 1.165) is 0 Å². The number of nitrogens with one attached hydrogen (secondary N) is 2. The lowest BCUT2D eigenvalue weighted by Gasteiger charge is -2.38. The fourth-order valence-electron chi connectivity index (χ4n) is 1.70. The number of rotatable bonds is 7. The van der Waals surface area contributed by atoms with E-state index in [-0.39, 0.29) is 29.4 Å². The Kier molecular flexibility index (Phi) is 7.62. The van der Waals surface area contributed by atoms with Gasteiger partial charge in [0.1, 0.15) is 11.8 Å². The highest BCUT2D eigenvalue weighted by molar-refractivity contribution is 5.95. The molecule has 0 aromatic heterocycles. The zero-order chi connectivity index (χ0) is 19.3.